The molecular weight excluding hydrogens is 252 g/mol. The van der Waals surface area contributed by atoms with Crippen LogP contribution in [0.15, 0.2) is 35.4 Å². The maximum Gasteiger partial charge on any atom is 0.175 e. The molecule has 2 aromatic rings. The van der Waals surface area contributed by atoms with E-state index in [2.05, 4.69) is 15.6 Å². The topological polar surface area (TPSA) is 76.9 Å². The van der Waals surface area contributed by atoms with E-state index >= 15 is 0 Å². The van der Waals surface area contributed by atoms with Gasteiger partial charge in [-0.05, 0) is 18.2 Å². The molecule has 0 saturated carbocycles. The van der Waals surface area contributed by atoms with Crippen LogP contribution in [-0.4, -0.2) is 29.7 Å². The first-order chi connectivity index (χ1) is 8.47. The van der Waals surface area contributed by atoms with Crippen molar-refractivity contribution in [1.82, 2.24) is 15.0 Å². The van der Waals surface area contributed by atoms with E-state index in [0.717, 1.165) is 11.4 Å². The first kappa shape index (κ1) is 12.6. The first-order valence-electron chi connectivity index (χ1n) is 5.34. The average Bonchev–Trinajstić information content (AvgIpc) is 2.72. The van der Waals surface area contributed by atoms with E-state index in [1.54, 1.807) is 36.1 Å². The van der Waals surface area contributed by atoms with E-state index in [1.165, 1.54) is 6.26 Å². The zero-order valence-electron chi connectivity index (χ0n) is 10.2. The summed E-state index contributed by atoms with van der Waals surface area (Å²) in [6, 6.07) is 6.71. The van der Waals surface area contributed by atoms with Gasteiger partial charge in [0.2, 0.25) is 0 Å². The Morgan fingerprint density at radius 1 is 1.39 bits per heavy atom. The number of nitrogens with zero attached hydrogens (tertiary/aromatic N) is 3. The molecule has 7 heteroatoms. The van der Waals surface area contributed by atoms with Gasteiger partial charge in [-0.1, -0.05) is 11.3 Å². The third-order valence-electron chi connectivity index (χ3n) is 2.54. The summed E-state index contributed by atoms with van der Waals surface area (Å²) in [6.07, 6.45) is 2.85. The lowest BCUT2D eigenvalue weighted by molar-refractivity contribution is 0.602. The van der Waals surface area contributed by atoms with Gasteiger partial charge in [-0.15, -0.1) is 5.10 Å². The summed E-state index contributed by atoms with van der Waals surface area (Å²) >= 11 is 0. The van der Waals surface area contributed by atoms with Crippen LogP contribution in [0.4, 0.5) is 5.69 Å². The van der Waals surface area contributed by atoms with E-state index in [1.807, 2.05) is 6.07 Å². The molecule has 6 nitrogen and oxygen atoms in total. The highest BCUT2D eigenvalue weighted by atomic mass is 32.2. The van der Waals surface area contributed by atoms with Gasteiger partial charge < -0.3 is 5.32 Å². The van der Waals surface area contributed by atoms with Crippen LogP contribution in [0.3, 0.4) is 0 Å². The summed E-state index contributed by atoms with van der Waals surface area (Å²) in [5, 5.41) is 10.7. The summed E-state index contributed by atoms with van der Waals surface area (Å²) < 4.78 is 24.5. The lowest BCUT2D eigenvalue weighted by Crippen LogP contribution is -2.06. The van der Waals surface area contributed by atoms with Gasteiger partial charge in [0.15, 0.2) is 9.84 Å². The quantitative estimate of drug-likeness (QED) is 0.887. The highest BCUT2D eigenvalue weighted by Gasteiger charge is 2.07. The summed E-state index contributed by atoms with van der Waals surface area (Å²) in [4.78, 5) is 0.302. The van der Waals surface area contributed by atoms with Gasteiger partial charge in [-0.25, -0.2) is 8.42 Å². The number of aromatic nitrogens is 3. The van der Waals surface area contributed by atoms with Gasteiger partial charge in [-0.2, -0.15) is 0 Å². The molecule has 0 aliphatic rings. The number of hydrogen-bond donors (Lipinski definition) is 1. The molecule has 0 spiro atoms. The monoisotopic (exact) mass is 266 g/mol. The summed E-state index contributed by atoms with van der Waals surface area (Å²) in [5.41, 5.74) is 1.67. The minimum Gasteiger partial charge on any atom is -0.379 e. The molecule has 0 saturated heterocycles. The zero-order chi connectivity index (χ0) is 13.2. The Morgan fingerprint density at radius 2 is 2.17 bits per heavy atom. The molecule has 96 valence electrons. The van der Waals surface area contributed by atoms with Crippen molar-refractivity contribution in [2.75, 3.05) is 11.6 Å². The van der Waals surface area contributed by atoms with Crippen molar-refractivity contribution < 1.29 is 8.42 Å². The number of aryl methyl sites for hydroxylation is 1. The Bertz CT molecular complexity index is 649. The Kier molecular flexibility index (Phi) is 3.33. The molecule has 1 heterocycles. The highest BCUT2D eigenvalue weighted by molar-refractivity contribution is 7.90. The maximum absolute atomic E-state index is 11.4. The molecule has 1 N–H and O–H groups in total. The van der Waals surface area contributed by atoms with Crippen LogP contribution < -0.4 is 5.32 Å². The number of rotatable bonds is 4. The van der Waals surface area contributed by atoms with Crippen LogP contribution in [0.5, 0.6) is 0 Å². The van der Waals surface area contributed by atoms with E-state index in [4.69, 9.17) is 0 Å². The predicted molar refractivity (Wildman–Crippen MR) is 67.9 cm³/mol. The third kappa shape index (κ3) is 2.86. The van der Waals surface area contributed by atoms with Gasteiger partial charge in [0, 0.05) is 19.0 Å². The molecule has 0 unspecified atom stereocenters. The van der Waals surface area contributed by atoms with Gasteiger partial charge in [0.1, 0.15) is 0 Å². The molecule has 1 aromatic carbocycles. The minimum atomic E-state index is -3.18. The number of hydrogen-bond acceptors (Lipinski definition) is 5. The third-order valence-corrected chi connectivity index (χ3v) is 3.65. The molecule has 0 aliphatic carbocycles. The fraction of sp³-hybridized carbons (Fsp3) is 0.273. The second-order valence-corrected chi connectivity index (χ2v) is 6.02. The SMILES string of the molecule is Cn1nncc1CNc1cccc(S(C)(=O)=O)c1. The van der Waals surface area contributed by atoms with E-state index in [-0.39, 0.29) is 0 Å². The second kappa shape index (κ2) is 4.77. The van der Waals surface area contributed by atoms with Crippen molar-refractivity contribution in [1.29, 1.82) is 0 Å². The Balaban J connectivity index is 2.13. The second-order valence-electron chi connectivity index (χ2n) is 4.00. The van der Waals surface area contributed by atoms with Crippen molar-refractivity contribution in [3.8, 4) is 0 Å². The Labute approximate surface area is 106 Å². The van der Waals surface area contributed by atoms with Crippen molar-refractivity contribution >= 4 is 15.5 Å². The Morgan fingerprint density at radius 3 is 2.78 bits per heavy atom. The van der Waals surface area contributed by atoms with Gasteiger partial charge >= 0.3 is 0 Å². The van der Waals surface area contributed by atoms with Crippen molar-refractivity contribution in [3.63, 3.8) is 0 Å². The summed E-state index contributed by atoms with van der Waals surface area (Å²) in [7, 11) is -1.37. The molecule has 2 rings (SSSR count). The van der Waals surface area contributed by atoms with Crippen LogP contribution in [-0.2, 0) is 23.4 Å². The van der Waals surface area contributed by atoms with Gasteiger partial charge in [-0.3, -0.25) is 4.68 Å². The smallest absolute Gasteiger partial charge is 0.175 e. The Hall–Kier alpha value is -1.89. The van der Waals surface area contributed by atoms with E-state index in [9.17, 15) is 8.42 Å². The van der Waals surface area contributed by atoms with Crippen LogP contribution in [0, 0.1) is 0 Å². The lowest BCUT2D eigenvalue weighted by atomic mass is 10.3. The van der Waals surface area contributed by atoms with Crippen LogP contribution in [0.1, 0.15) is 5.69 Å². The largest absolute Gasteiger partial charge is 0.379 e. The van der Waals surface area contributed by atoms with Crippen LogP contribution >= 0.6 is 0 Å². The van der Waals surface area contributed by atoms with Crippen LogP contribution in [0.2, 0.25) is 0 Å². The maximum atomic E-state index is 11.4. The van der Waals surface area contributed by atoms with Gasteiger partial charge in [0.25, 0.3) is 0 Å². The lowest BCUT2D eigenvalue weighted by Gasteiger charge is -2.07. The molecule has 0 aliphatic heterocycles. The number of nitrogens with one attached hydrogen (secondary N) is 1. The molecule has 0 bridgehead atoms. The minimum absolute atomic E-state index is 0.302. The van der Waals surface area contributed by atoms with Gasteiger partial charge in [0.05, 0.1) is 23.3 Å². The molecular formula is C11H14N4O2S. The predicted octanol–water partition coefficient (Wildman–Crippen LogP) is 0.831. The van der Waals surface area contributed by atoms with E-state index < -0.39 is 9.84 Å². The summed E-state index contributed by atoms with van der Waals surface area (Å²) in [5.74, 6) is 0. The van der Waals surface area contributed by atoms with Crippen LogP contribution in [0.25, 0.3) is 0 Å². The molecule has 0 radical (unpaired) electrons. The zero-order valence-corrected chi connectivity index (χ0v) is 11.0. The van der Waals surface area contributed by atoms with Crippen molar-refractivity contribution in [3.05, 3.63) is 36.2 Å². The summed E-state index contributed by atoms with van der Waals surface area (Å²) in [6.45, 7) is 0.538. The molecule has 1 aromatic heterocycles. The average molecular weight is 266 g/mol. The standard InChI is InChI=1S/C11H14N4O2S/c1-15-10(8-13-14-15)7-12-9-4-3-5-11(6-9)18(2,16)17/h3-6,8,12H,7H2,1-2H3. The van der Waals surface area contributed by atoms with Crippen molar-refractivity contribution in [2.24, 2.45) is 7.05 Å². The fourth-order valence-corrected chi connectivity index (χ4v) is 2.17. The number of anilines is 1. The fourth-order valence-electron chi connectivity index (χ4n) is 1.50. The molecule has 18 heavy (non-hydrogen) atoms. The van der Waals surface area contributed by atoms with E-state index in [0.29, 0.717) is 11.4 Å². The number of sulfone groups is 1. The highest BCUT2D eigenvalue weighted by Crippen LogP contribution is 2.15. The molecule has 0 atom stereocenters. The first-order valence-corrected chi connectivity index (χ1v) is 7.23. The molecule has 0 fully saturated rings. The van der Waals surface area contributed by atoms with Crippen molar-refractivity contribution in [2.45, 2.75) is 11.4 Å². The molecule has 0 amide bonds. The number of benzene rings is 1. The normalized spacial score (nSPS) is 11.4.